The van der Waals surface area contributed by atoms with E-state index < -0.39 is 17.9 Å². The number of aryl methyl sites for hydroxylation is 4. The first kappa shape index (κ1) is 46.6. The largest absolute Gasteiger partial charge is 0.496 e. The van der Waals surface area contributed by atoms with E-state index in [1.54, 1.807) is 7.11 Å². The maximum Gasteiger partial charge on any atom is 0.344 e. The predicted molar refractivity (Wildman–Crippen MR) is 256 cm³/mol. The standard InChI is InChI=1S/C57H68O10/c1-5-62-51(58)32-65-55-40-23-36-15-12-9-13-17-38-25-42(57(67-34-53(60)64-7-3)50(29-38)46-21-20-45(46)49(55)28-36)31-41-24-37-16-11-8-10-14-35-22-39(30-40)54(61-4)47(26-35)43-18-19-44(43)48(27-37)56(41)66-33-52(59)63-6-2/h22-29,43-46H,5-21,30-34H2,1-4H3/t43-,44+,45+,46-/m0/s1. The number of hydrogen-bond acceptors (Lipinski definition) is 10. The Hall–Kier alpha value is -5.51. The van der Waals surface area contributed by atoms with E-state index in [2.05, 4.69) is 48.5 Å². The fourth-order valence-electron chi connectivity index (χ4n) is 11.7. The molecule has 4 aromatic carbocycles. The molecule has 0 aliphatic heterocycles. The van der Waals surface area contributed by atoms with E-state index in [0.717, 1.165) is 146 Å². The van der Waals surface area contributed by atoms with E-state index in [1.807, 2.05) is 20.8 Å². The van der Waals surface area contributed by atoms with Gasteiger partial charge in [0, 0.05) is 12.8 Å². The SMILES string of the molecule is CCOC(=O)COc1c2cc3cc1[C@H]1CC[C@H]1c1cc(cc(c1OCC(=O)OCC)Cc1cc4cc(c1OC)[C@H]1CC[C@H]1c1cc(cc(c1OCC(=O)OCC)C2)CCCCC4)CCCCC3. The van der Waals surface area contributed by atoms with Crippen LogP contribution in [0.1, 0.15) is 175 Å². The first-order valence-corrected chi connectivity index (χ1v) is 25.3. The number of esters is 3. The Balaban J connectivity index is 1.33. The zero-order valence-corrected chi connectivity index (χ0v) is 40.1. The molecule has 9 rings (SSSR count). The molecule has 0 heterocycles. The molecule has 0 spiro atoms. The fraction of sp³-hybridized carbons (Fsp3) is 0.526. The number of methoxy groups -OCH3 is 1. The Morgan fingerprint density at radius 2 is 0.701 bits per heavy atom. The Bertz CT molecular complexity index is 2470. The van der Waals surface area contributed by atoms with Crippen LogP contribution >= 0.6 is 0 Å². The second-order valence-electron chi connectivity index (χ2n) is 19.2. The molecule has 0 radical (unpaired) electrons. The van der Waals surface area contributed by atoms with Crippen molar-refractivity contribution in [2.24, 2.45) is 0 Å². The van der Waals surface area contributed by atoms with E-state index in [0.29, 0.717) is 18.6 Å². The quantitative estimate of drug-likeness (QED) is 0.0948. The van der Waals surface area contributed by atoms with Crippen molar-refractivity contribution in [3.05, 3.63) is 115 Å². The maximum atomic E-state index is 13.2. The summed E-state index contributed by atoms with van der Waals surface area (Å²) in [6.07, 6.45) is 14.9. The van der Waals surface area contributed by atoms with Crippen LogP contribution in [0.15, 0.2) is 48.5 Å². The number of benzene rings is 4. The molecule has 5 aliphatic rings. The molecule has 0 unspecified atom stereocenters. The molecule has 356 valence electrons. The third kappa shape index (κ3) is 10.2. The van der Waals surface area contributed by atoms with E-state index >= 15 is 0 Å². The van der Waals surface area contributed by atoms with Crippen molar-refractivity contribution in [1.82, 2.24) is 0 Å². The van der Waals surface area contributed by atoms with Crippen molar-refractivity contribution >= 4 is 17.9 Å². The molecular formula is C57H68O10. The van der Waals surface area contributed by atoms with Gasteiger partial charge in [0.2, 0.25) is 0 Å². The van der Waals surface area contributed by atoms with Crippen LogP contribution in [0, 0.1) is 0 Å². The number of hydrogen-bond donors (Lipinski definition) is 0. The third-order valence-corrected chi connectivity index (χ3v) is 14.9. The van der Waals surface area contributed by atoms with Crippen molar-refractivity contribution in [1.29, 1.82) is 0 Å². The smallest absolute Gasteiger partial charge is 0.344 e. The summed E-state index contributed by atoms with van der Waals surface area (Å²) < 4.78 is 43.2. The maximum absolute atomic E-state index is 13.2. The van der Waals surface area contributed by atoms with Gasteiger partial charge in [-0.25, -0.2) is 14.4 Å². The molecule has 2 fully saturated rings. The molecule has 0 saturated heterocycles. The van der Waals surface area contributed by atoms with Gasteiger partial charge < -0.3 is 33.2 Å². The zero-order valence-electron chi connectivity index (χ0n) is 40.1. The van der Waals surface area contributed by atoms with Crippen molar-refractivity contribution in [2.75, 3.05) is 46.8 Å². The van der Waals surface area contributed by atoms with Crippen molar-refractivity contribution < 1.29 is 47.5 Å². The Morgan fingerprint density at radius 3 is 0.970 bits per heavy atom. The van der Waals surface area contributed by atoms with Gasteiger partial charge in [-0.15, -0.1) is 0 Å². The van der Waals surface area contributed by atoms with Crippen LogP contribution in [-0.4, -0.2) is 64.7 Å². The highest BCUT2D eigenvalue weighted by Crippen LogP contribution is 2.58. The van der Waals surface area contributed by atoms with Gasteiger partial charge in [-0.05, 0) is 188 Å². The lowest BCUT2D eigenvalue weighted by Crippen LogP contribution is -2.26. The summed E-state index contributed by atoms with van der Waals surface area (Å²) >= 11 is 0. The minimum atomic E-state index is -0.418. The minimum Gasteiger partial charge on any atom is -0.496 e. The summed E-state index contributed by atoms with van der Waals surface area (Å²) in [5, 5.41) is 0. The number of carbonyl (C=O) groups excluding carboxylic acids is 3. The van der Waals surface area contributed by atoms with Gasteiger partial charge in [-0.2, -0.15) is 0 Å². The lowest BCUT2D eigenvalue weighted by molar-refractivity contribution is -0.146. The monoisotopic (exact) mass is 912 g/mol. The molecule has 12 bridgehead atoms. The van der Waals surface area contributed by atoms with Crippen LogP contribution in [0.3, 0.4) is 0 Å². The molecule has 67 heavy (non-hydrogen) atoms. The van der Waals surface area contributed by atoms with Crippen LogP contribution in [0.2, 0.25) is 0 Å². The summed E-state index contributed by atoms with van der Waals surface area (Å²) in [5.41, 5.74) is 13.7. The fourth-order valence-corrected chi connectivity index (χ4v) is 11.7. The van der Waals surface area contributed by atoms with Gasteiger partial charge in [-0.1, -0.05) is 61.4 Å². The molecular weight excluding hydrogens is 845 g/mol. The van der Waals surface area contributed by atoms with E-state index in [-0.39, 0.29) is 63.3 Å². The third-order valence-electron chi connectivity index (χ3n) is 14.9. The van der Waals surface area contributed by atoms with E-state index in [9.17, 15) is 14.4 Å². The summed E-state index contributed by atoms with van der Waals surface area (Å²) in [6, 6.07) is 18.7. The van der Waals surface area contributed by atoms with Crippen molar-refractivity contribution in [3.63, 3.8) is 0 Å². The van der Waals surface area contributed by atoms with Crippen molar-refractivity contribution in [3.8, 4) is 23.0 Å². The highest BCUT2D eigenvalue weighted by molar-refractivity contribution is 5.73. The van der Waals surface area contributed by atoms with Gasteiger partial charge in [0.25, 0.3) is 0 Å². The van der Waals surface area contributed by atoms with E-state index in [1.165, 1.54) is 27.8 Å². The average molecular weight is 913 g/mol. The molecule has 4 atom stereocenters. The summed E-state index contributed by atoms with van der Waals surface area (Å²) in [4.78, 5) is 39.4. The normalized spacial score (nSPS) is 20.4. The number of rotatable bonds is 13. The molecule has 5 aliphatic carbocycles. The van der Waals surface area contributed by atoms with Crippen molar-refractivity contribution in [2.45, 2.75) is 147 Å². The van der Waals surface area contributed by atoms with Crippen LogP contribution < -0.4 is 18.9 Å². The van der Waals surface area contributed by atoms with Crippen LogP contribution in [-0.2, 0) is 67.1 Å². The molecule has 0 aromatic heterocycles. The Labute approximate surface area is 396 Å². The summed E-state index contributed by atoms with van der Waals surface area (Å²) in [5.74, 6) is 2.23. The average Bonchev–Trinajstić information content (AvgIpc) is 3.27. The van der Waals surface area contributed by atoms with Gasteiger partial charge in [-0.3, -0.25) is 0 Å². The Morgan fingerprint density at radius 1 is 0.418 bits per heavy atom. The van der Waals surface area contributed by atoms with Crippen LogP contribution in [0.25, 0.3) is 0 Å². The lowest BCUT2D eigenvalue weighted by Gasteiger charge is -2.41. The van der Waals surface area contributed by atoms with Gasteiger partial charge in [0.05, 0.1) is 26.9 Å². The van der Waals surface area contributed by atoms with Crippen LogP contribution in [0.4, 0.5) is 0 Å². The first-order chi connectivity index (χ1) is 32.7. The van der Waals surface area contributed by atoms with Gasteiger partial charge in [0.1, 0.15) is 23.0 Å². The number of fused-ring (bicyclic) bond motifs is 8. The Kier molecular flexibility index (Phi) is 14.7. The van der Waals surface area contributed by atoms with Crippen LogP contribution in [0.5, 0.6) is 23.0 Å². The second-order valence-corrected chi connectivity index (χ2v) is 19.2. The molecule has 10 nitrogen and oxygen atoms in total. The highest BCUT2D eigenvalue weighted by atomic mass is 16.6. The van der Waals surface area contributed by atoms with E-state index in [4.69, 9.17) is 33.2 Å². The molecule has 4 aromatic rings. The number of carbonyl (C=O) groups is 3. The minimum absolute atomic E-state index is 0.0410. The summed E-state index contributed by atoms with van der Waals surface area (Å²) in [7, 11) is 1.80. The highest BCUT2D eigenvalue weighted by Gasteiger charge is 2.41. The molecule has 2 saturated carbocycles. The molecule has 0 amide bonds. The first-order valence-electron chi connectivity index (χ1n) is 25.3. The van der Waals surface area contributed by atoms with Gasteiger partial charge in [0.15, 0.2) is 19.8 Å². The molecule has 10 heteroatoms. The van der Waals surface area contributed by atoms with Gasteiger partial charge >= 0.3 is 17.9 Å². The summed E-state index contributed by atoms with van der Waals surface area (Å²) in [6.45, 7) is 5.64. The molecule has 0 N–H and O–H groups in total. The predicted octanol–water partition coefficient (Wildman–Crippen LogP) is 10.9. The topological polar surface area (TPSA) is 116 Å². The number of ether oxygens (including phenoxy) is 7. The zero-order chi connectivity index (χ0) is 46.4. The lowest BCUT2D eigenvalue weighted by atomic mass is 9.64. The second kappa shape index (κ2) is 21.2.